The summed E-state index contributed by atoms with van der Waals surface area (Å²) < 4.78 is 0. The third-order valence-corrected chi connectivity index (χ3v) is 4.48. The molecule has 2 rings (SSSR count). The quantitative estimate of drug-likeness (QED) is 0.811. The molecule has 1 fully saturated rings. The van der Waals surface area contributed by atoms with Crippen molar-refractivity contribution in [2.75, 3.05) is 6.54 Å². The summed E-state index contributed by atoms with van der Waals surface area (Å²) in [5.74, 6) is -1.09. The van der Waals surface area contributed by atoms with E-state index in [0.29, 0.717) is 17.0 Å². The highest BCUT2D eigenvalue weighted by molar-refractivity contribution is 6.35. The lowest BCUT2D eigenvalue weighted by Gasteiger charge is -2.24. The standard InChI is InChI=1S/C16H14Cl2N4O2/c1-16(12-5-4-11(17)7-13(12)18)14(23)22(15(24)21-16)9-10(8-20)3-2-6-19/h4-5,7,10H,2-3,9H2,1H3,(H,21,24)/t10-,16-/m0/s1. The molecule has 1 aromatic rings. The Morgan fingerprint density at radius 2 is 2.04 bits per heavy atom. The van der Waals surface area contributed by atoms with Gasteiger partial charge < -0.3 is 5.32 Å². The van der Waals surface area contributed by atoms with E-state index in [1.165, 1.54) is 6.07 Å². The van der Waals surface area contributed by atoms with Crippen LogP contribution in [0.1, 0.15) is 25.3 Å². The minimum atomic E-state index is -1.33. The zero-order valence-corrected chi connectivity index (χ0v) is 14.4. The van der Waals surface area contributed by atoms with Crippen molar-refractivity contribution >= 4 is 35.1 Å². The molecule has 0 aromatic heterocycles. The van der Waals surface area contributed by atoms with Gasteiger partial charge in [-0.05, 0) is 25.5 Å². The van der Waals surface area contributed by atoms with Gasteiger partial charge >= 0.3 is 6.03 Å². The monoisotopic (exact) mass is 364 g/mol. The second-order valence-electron chi connectivity index (χ2n) is 5.62. The summed E-state index contributed by atoms with van der Waals surface area (Å²) in [7, 11) is 0. The number of nitrogens with one attached hydrogen (secondary N) is 1. The van der Waals surface area contributed by atoms with E-state index in [9.17, 15) is 9.59 Å². The van der Waals surface area contributed by atoms with Gasteiger partial charge in [0.15, 0.2) is 0 Å². The Hall–Kier alpha value is -2.28. The number of hydrogen-bond donors (Lipinski definition) is 1. The molecular weight excluding hydrogens is 351 g/mol. The molecule has 2 atom stereocenters. The summed E-state index contributed by atoms with van der Waals surface area (Å²) in [5, 5.41) is 21.1. The predicted octanol–water partition coefficient (Wildman–Crippen LogP) is 3.20. The molecule has 0 spiro atoms. The Morgan fingerprint density at radius 3 is 2.62 bits per heavy atom. The zero-order valence-electron chi connectivity index (χ0n) is 12.8. The first-order valence-corrected chi connectivity index (χ1v) is 7.95. The van der Waals surface area contributed by atoms with Crippen LogP contribution in [-0.2, 0) is 10.3 Å². The van der Waals surface area contributed by atoms with Gasteiger partial charge in [-0.2, -0.15) is 10.5 Å². The molecule has 6 nitrogen and oxygen atoms in total. The van der Waals surface area contributed by atoms with Gasteiger partial charge in [0, 0.05) is 28.6 Å². The van der Waals surface area contributed by atoms with Crippen molar-refractivity contribution in [2.45, 2.75) is 25.3 Å². The first-order valence-electron chi connectivity index (χ1n) is 7.19. The minimum absolute atomic E-state index is 0.0658. The van der Waals surface area contributed by atoms with Crippen LogP contribution < -0.4 is 5.32 Å². The molecule has 1 heterocycles. The van der Waals surface area contributed by atoms with E-state index in [2.05, 4.69) is 5.32 Å². The lowest BCUT2D eigenvalue weighted by atomic mass is 9.91. The van der Waals surface area contributed by atoms with Crippen molar-refractivity contribution in [1.82, 2.24) is 10.2 Å². The average Bonchev–Trinajstić information content (AvgIpc) is 2.74. The van der Waals surface area contributed by atoms with Crippen LogP contribution in [0.15, 0.2) is 18.2 Å². The molecule has 0 bridgehead atoms. The molecule has 0 radical (unpaired) electrons. The van der Waals surface area contributed by atoms with Gasteiger partial charge in [-0.25, -0.2) is 4.79 Å². The number of amides is 3. The summed E-state index contributed by atoms with van der Waals surface area (Å²) >= 11 is 12.0. The van der Waals surface area contributed by atoms with Gasteiger partial charge in [0.1, 0.15) is 5.54 Å². The van der Waals surface area contributed by atoms with Crippen LogP contribution in [0.4, 0.5) is 4.79 Å². The maximum Gasteiger partial charge on any atom is 0.325 e. The molecule has 1 aliphatic rings. The highest BCUT2D eigenvalue weighted by Crippen LogP contribution is 2.35. The molecule has 0 unspecified atom stereocenters. The van der Waals surface area contributed by atoms with Gasteiger partial charge in [-0.15, -0.1) is 0 Å². The largest absolute Gasteiger partial charge is 0.325 e. The maximum absolute atomic E-state index is 12.8. The smallest absolute Gasteiger partial charge is 0.319 e. The Bertz CT molecular complexity index is 768. The molecule has 0 saturated carbocycles. The van der Waals surface area contributed by atoms with E-state index in [1.807, 2.05) is 12.1 Å². The molecule has 1 aliphatic heterocycles. The van der Waals surface area contributed by atoms with Crippen LogP contribution in [0, 0.1) is 28.6 Å². The van der Waals surface area contributed by atoms with Crippen molar-refractivity contribution in [1.29, 1.82) is 10.5 Å². The maximum atomic E-state index is 12.8. The molecule has 1 aromatic carbocycles. The number of carbonyl (C=O) groups is 2. The number of benzene rings is 1. The van der Waals surface area contributed by atoms with Crippen molar-refractivity contribution in [2.24, 2.45) is 5.92 Å². The van der Waals surface area contributed by atoms with E-state index in [4.69, 9.17) is 33.7 Å². The summed E-state index contributed by atoms with van der Waals surface area (Å²) in [6.07, 6.45) is 0.477. The van der Waals surface area contributed by atoms with Crippen LogP contribution in [0.25, 0.3) is 0 Å². The summed E-state index contributed by atoms with van der Waals surface area (Å²) in [4.78, 5) is 26.0. The molecule has 1 saturated heterocycles. The fourth-order valence-electron chi connectivity index (χ4n) is 2.60. The van der Waals surface area contributed by atoms with Gasteiger partial charge in [0.2, 0.25) is 0 Å². The number of carbonyl (C=O) groups excluding carboxylic acids is 2. The van der Waals surface area contributed by atoms with Crippen molar-refractivity contribution in [3.8, 4) is 12.1 Å². The third kappa shape index (κ3) is 3.31. The molecule has 3 amide bonds. The lowest BCUT2D eigenvalue weighted by Crippen LogP contribution is -2.41. The molecular formula is C16H14Cl2N4O2. The van der Waals surface area contributed by atoms with Crippen LogP contribution >= 0.6 is 23.2 Å². The molecule has 1 N–H and O–H groups in total. The SMILES string of the molecule is C[C@@]1(c2ccc(Cl)cc2Cl)NC(=O)N(C[C@H](C#N)CCC#N)C1=O. The number of hydrogen-bond acceptors (Lipinski definition) is 4. The fourth-order valence-corrected chi connectivity index (χ4v) is 3.19. The summed E-state index contributed by atoms with van der Waals surface area (Å²) in [6.45, 7) is 1.49. The van der Waals surface area contributed by atoms with Crippen LogP contribution in [0.2, 0.25) is 10.0 Å². The second-order valence-corrected chi connectivity index (χ2v) is 6.46. The number of halogens is 2. The summed E-state index contributed by atoms with van der Waals surface area (Å²) in [5.41, 5.74) is -0.895. The second kappa shape index (κ2) is 7.09. The highest BCUT2D eigenvalue weighted by atomic mass is 35.5. The Morgan fingerprint density at radius 1 is 1.33 bits per heavy atom. The summed E-state index contributed by atoms with van der Waals surface area (Å²) in [6, 6.07) is 8.05. The van der Waals surface area contributed by atoms with Crippen molar-refractivity contribution in [3.05, 3.63) is 33.8 Å². The van der Waals surface area contributed by atoms with Gasteiger partial charge in [0.25, 0.3) is 5.91 Å². The zero-order chi connectivity index (χ0) is 17.9. The number of rotatable bonds is 5. The van der Waals surface area contributed by atoms with Gasteiger partial charge in [-0.3, -0.25) is 9.69 Å². The fraction of sp³-hybridized carbons (Fsp3) is 0.375. The van der Waals surface area contributed by atoms with Crippen LogP contribution in [0.5, 0.6) is 0 Å². The minimum Gasteiger partial charge on any atom is -0.319 e. The number of urea groups is 1. The highest BCUT2D eigenvalue weighted by Gasteiger charge is 2.50. The third-order valence-electron chi connectivity index (χ3n) is 3.93. The Labute approximate surface area is 149 Å². The molecule has 8 heteroatoms. The number of imide groups is 1. The Kier molecular flexibility index (Phi) is 5.33. The van der Waals surface area contributed by atoms with Crippen LogP contribution in [-0.4, -0.2) is 23.4 Å². The topological polar surface area (TPSA) is 97.0 Å². The Balaban J connectivity index is 2.28. The van der Waals surface area contributed by atoms with E-state index in [0.717, 1.165) is 4.90 Å². The predicted molar refractivity (Wildman–Crippen MR) is 88.0 cm³/mol. The normalized spacial score (nSPS) is 21.1. The first-order chi connectivity index (χ1) is 11.3. The molecule has 0 aliphatic carbocycles. The van der Waals surface area contributed by atoms with E-state index >= 15 is 0 Å². The van der Waals surface area contributed by atoms with E-state index in [1.54, 1.807) is 19.1 Å². The first kappa shape index (κ1) is 18.1. The van der Waals surface area contributed by atoms with Crippen LogP contribution in [0.3, 0.4) is 0 Å². The van der Waals surface area contributed by atoms with E-state index < -0.39 is 23.4 Å². The van der Waals surface area contributed by atoms with E-state index in [-0.39, 0.29) is 18.0 Å². The average molecular weight is 365 g/mol. The lowest BCUT2D eigenvalue weighted by molar-refractivity contribution is -0.131. The molecule has 24 heavy (non-hydrogen) atoms. The number of nitrogens with zero attached hydrogens (tertiary/aromatic N) is 3. The van der Waals surface area contributed by atoms with Gasteiger partial charge in [0.05, 0.1) is 18.1 Å². The molecule has 124 valence electrons. The van der Waals surface area contributed by atoms with Crippen molar-refractivity contribution in [3.63, 3.8) is 0 Å². The van der Waals surface area contributed by atoms with Crippen molar-refractivity contribution < 1.29 is 9.59 Å². The van der Waals surface area contributed by atoms with Gasteiger partial charge in [-0.1, -0.05) is 29.3 Å². The number of nitriles is 2.